The second-order valence-electron chi connectivity index (χ2n) is 2.37. The van der Waals surface area contributed by atoms with Crippen LogP contribution in [0.3, 0.4) is 0 Å². The normalized spacial score (nSPS) is 15.5. The average molecular weight is 159 g/mol. The van der Waals surface area contributed by atoms with Crippen LogP contribution in [0.2, 0.25) is 0 Å². The predicted octanol–water partition coefficient (Wildman–Crippen LogP) is -0.116. The molecule has 2 unspecified atom stereocenters. The minimum absolute atomic E-state index is 0.479. The van der Waals surface area contributed by atoms with Crippen molar-refractivity contribution in [2.45, 2.75) is 19.9 Å². The van der Waals surface area contributed by atoms with Crippen molar-refractivity contribution in [2.24, 2.45) is 5.92 Å². The molecular formula is C7H13NO3. The molecule has 0 saturated heterocycles. The fourth-order valence-corrected chi connectivity index (χ4v) is 0.797. The number of carboxylic acid groups (broad SMARTS) is 1. The van der Waals surface area contributed by atoms with E-state index >= 15 is 0 Å². The van der Waals surface area contributed by atoms with Gasteiger partial charge in [0.15, 0.2) is 0 Å². The maximum atomic E-state index is 10.5. The highest BCUT2D eigenvalue weighted by Crippen LogP contribution is 1.98. The van der Waals surface area contributed by atoms with Gasteiger partial charge < -0.3 is 15.2 Å². The molecule has 4 heteroatoms. The molecule has 0 heterocycles. The summed E-state index contributed by atoms with van der Waals surface area (Å²) < 4.78 is 0. The molecule has 11 heavy (non-hydrogen) atoms. The first-order valence-corrected chi connectivity index (χ1v) is 3.55. The van der Waals surface area contributed by atoms with Crippen LogP contribution in [0.4, 0.5) is 0 Å². The van der Waals surface area contributed by atoms with Crippen LogP contribution in [-0.2, 0) is 9.59 Å². The number of carbonyl (C=O) groups excluding carboxylic acids is 1. The first kappa shape index (κ1) is 10.1. The number of hydrogen-bond donors (Lipinski definition) is 2. The third-order valence-electron chi connectivity index (χ3n) is 1.43. The molecular weight excluding hydrogens is 146 g/mol. The standard InChI is InChI=1S/C7H13NO3/c1-3-8-6(7(10)11)5(2)4-9/h4-6,8H,3H2,1-2H3,(H,10,11). The monoisotopic (exact) mass is 159 g/mol. The van der Waals surface area contributed by atoms with Gasteiger partial charge in [0.25, 0.3) is 0 Å². The van der Waals surface area contributed by atoms with Crippen molar-refractivity contribution >= 4 is 12.3 Å². The lowest BCUT2D eigenvalue weighted by atomic mass is 10.0. The van der Waals surface area contributed by atoms with E-state index in [-0.39, 0.29) is 0 Å². The zero-order valence-electron chi connectivity index (χ0n) is 6.70. The highest BCUT2D eigenvalue weighted by Gasteiger charge is 2.22. The molecule has 0 bridgehead atoms. The van der Waals surface area contributed by atoms with Gasteiger partial charge in [0.05, 0.1) is 0 Å². The maximum absolute atomic E-state index is 10.5. The fraction of sp³-hybridized carbons (Fsp3) is 0.714. The van der Waals surface area contributed by atoms with Crippen LogP contribution in [-0.4, -0.2) is 29.9 Å². The lowest BCUT2D eigenvalue weighted by Crippen LogP contribution is -2.42. The van der Waals surface area contributed by atoms with Crippen molar-refractivity contribution in [1.29, 1.82) is 0 Å². The van der Waals surface area contributed by atoms with E-state index in [1.54, 1.807) is 13.8 Å². The molecule has 0 aromatic rings. The first-order chi connectivity index (χ1) is 5.13. The molecule has 2 atom stereocenters. The largest absolute Gasteiger partial charge is 0.480 e. The molecule has 0 radical (unpaired) electrons. The summed E-state index contributed by atoms with van der Waals surface area (Å²) in [5, 5.41) is 11.3. The zero-order valence-corrected chi connectivity index (χ0v) is 6.70. The van der Waals surface area contributed by atoms with E-state index in [9.17, 15) is 9.59 Å². The van der Waals surface area contributed by atoms with Gasteiger partial charge >= 0.3 is 5.97 Å². The van der Waals surface area contributed by atoms with Crippen molar-refractivity contribution in [3.8, 4) is 0 Å². The molecule has 0 saturated carbocycles. The van der Waals surface area contributed by atoms with Gasteiger partial charge in [-0.1, -0.05) is 13.8 Å². The van der Waals surface area contributed by atoms with E-state index in [0.29, 0.717) is 12.8 Å². The minimum atomic E-state index is -0.980. The maximum Gasteiger partial charge on any atom is 0.321 e. The van der Waals surface area contributed by atoms with Gasteiger partial charge in [0, 0.05) is 5.92 Å². The van der Waals surface area contributed by atoms with E-state index in [1.807, 2.05) is 0 Å². The van der Waals surface area contributed by atoms with Gasteiger partial charge in [0.2, 0.25) is 0 Å². The molecule has 0 aliphatic carbocycles. The number of carbonyl (C=O) groups is 2. The van der Waals surface area contributed by atoms with E-state index in [0.717, 1.165) is 0 Å². The molecule has 0 aromatic heterocycles. The predicted molar refractivity (Wildman–Crippen MR) is 40.3 cm³/mol. The van der Waals surface area contributed by atoms with Crippen molar-refractivity contribution in [2.75, 3.05) is 6.54 Å². The number of hydrogen-bond acceptors (Lipinski definition) is 3. The van der Waals surface area contributed by atoms with Crippen LogP contribution in [0, 0.1) is 5.92 Å². The molecule has 4 nitrogen and oxygen atoms in total. The lowest BCUT2D eigenvalue weighted by molar-refractivity contribution is -0.142. The number of aldehydes is 1. The Morgan fingerprint density at radius 2 is 2.27 bits per heavy atom. The van der Waals surface area contributed by atoms with E-state index in [2.05, 4.69) is 5.32 Å². The van der Waals surface area contributed by atoms with Crippen LogP contribution in [0.25, 0.3) is 0 Å². The topological polar surface area (TPSA) is 66.4 Å². The Morgan fingerprint density at radius 3 is 2.55 bits per heavy atom. The van der Waals surface area contributed by atoms with Crippen LogP contribution >= 0.6 is 0 Å². The van der Waals surface area contributed by atoms with E-state index < -0.39 is 17.9 Å². The second kappa shape index (κ2) is 4.85. The Bertz CT molecular complexity index is 147. The van der Waals surface area contributed by atoms with Crippen molar-refractivity contribution in [3.05, 3.63) is 0 Å². The molecule has 2 N–H and O–H groups in total. The third kappa shape index (κ3) is 3.13. The summed E-state index contributed by atoms with van der Waals surface area (Å²) in [7, 11) is 0. The SMILES string of the molecule is CCNC(C(=O)O)C(C)C=O. The van der Waals surface area contributed by atoms with Crippen molar-refractivity contribution in [1.82, 2.24) is 5.32 Å². The quantitative estimate of drug-likeness (QED) is 0.549. The number of nitrogens with one attached hydrogen (secondary N) is 1. The summed E-state index contributed by atoms with van der Waals surface area (Å²) in [5.41, 5.74) is 0. The van der Waals surface area contributed by atoms with Gasteiger partial charge in [-0.05, 0) is 6.54 Å². The van der Waals surface area contributed by atoms with Crippen LogP contribution in [0.15, 0.2) is 0 Å². The summed E-state index contributed by atoms with van der Waals surface area (Å²) in [5.74, 6) is -1.46. The Labute approximate surface area is 65.6 Å². The molecule has 0 aromatic carbocycles. The summed E-state index contributed by atoms with van der Waals surface area (Å²) >= 11 is 0. The Morgan fingerprint density at radius 1 is 1.73 bits per heavy atom. The molecule has 0 rings (SSSR count). The fourth-order valence-electron chi connectivity index (χ4n) is 0.797. The molecule has 0 amide bonds. The Hall–Kier alpha value is -0.900. The van der Waals surface area contributed by atoms with Gasteiger partial charge in [-0.25, -0.2) is 0 Å². The highest BCUT2D eigenvalue weighted by atomic mass is 16.4. The number of carboxylic acids is 1. The summed E-state index contributed by atoms with van der Waals surface area (Å²) in [6, 6.07) is -0.752. The van der Waals surface area contributed by atoms with Gasteiger partial charge in [-0.3, -0.25) is 4.79 Å². The zero-order chi connectivity index (χ0) is 8.85. The first-order valence-electron chi connectivity index (χ1n) is 3.55. The van der Waals surface area contributed by atoms with Gasteiger partial charge in [-0.2, -0.15) is 0 Å². The highest BCUT2D eigenvalue weighted by molar-refractivity contribution is 5.78. The summed E-state index contributed by atoms with van der Waals surface area (Å²) in [4.78, 5) is 20.7. The second-order valence-corrected chi connectivity index (χ2v) is 2.37. The van der Waals surface area contributed by atoms with Gasteiger partial charge in [0.1, 0.15) is 12.3 Å². The van der Waals surface area contributed by atoms with Crippen molar-refractivity contribution < 1.29 is 14.7 Å². The van der Waals surface area contributed by atoms with Gasteiger partial charge in [-0.15, -0.1) is 0 Å². The molecule has 0 fully saturated rings. The molecule has 64 valence electrons. The summed E-state index contributed by atoms with van der Waals surface area (Å²) in [6.45, 7) is 3.93. The molecule has 0 aliphatic rings. The lowest BCUT2D eigenvalue weighted by Gasteiger charge is -2.14. The van der Waals surface area contributed by atoms with Crippen molar-refractivity contribution in [3.63, 3.8) is 0 Å². The van der Waals surface area contributed by atoms with Crippen LogP contribution < -0.4 is 5.32 Å². The number of rotatable bonds is 5. The molecule has 0 aliphatic heterocycles. The minimum Gasteiger partial charge on any atom is -0.480 e. The third-order valence-corrected chi connectivity index (χ3v) is 1.43. The Balaban J connectivity index is 4.08. The smallest absolute Gasteiger partial charge is 0.321 e. The number of likely N-dealkylation sites (N-methyl/N-ethyl adjacent to an activating group) is 1. The van der Waals surface area contributed by atoms with E-state index in [4.69, 9.17) is 5.11 Å². The van der Waals surface area contributed by atoms with Crippen LogP contribution in [0.5, 0.6) is 0 Å². The number of aliphatic carboxylic acids is 1. The van der Waals surface area contributed by atoms with Crippen LogP contribution in [0.1, 0.15) is 13.8 Å². The molecule has 0 spiro atoms. The van der Waals surface area contributed by atoms with E-state index in [1.165, 1.54) is 0 Å². The summed E-state index contributed by atoms with van der Waals surface area (Å²) in [6.07, 6.45) is 0.640. The average Bonchev–Trinajstić information content (AvgIpc) is 1.98. The Kier molecular flexibility index (Phi) is 4.45.